The first-order chi connectivity index (χ1) is 17.5. The van der Waals surface area contributed by atoms with Gasteiger partial charge in [-0.15, -0.1) is 0 Å². The fourth-order valence-corrected chi connectivity index (χ4v) is 4.03. The van der Waals surface area contributed by atoms with Crippen LogP contribution in [0.3, 0.4) is 0 Å². The van der Waals surface area contributed by atoms with E-state index in [1.807, 2.05) is 24.3 Å². The van der Waals surface area contributed by atoms with Gasteiger partial charge in [-0.1, -0.05) is 18.2 Å². The summed E-state index contributed by atoms with van der Waals surface area (Å²) in [6.45, 7) is -2.01. The predicted molar refractivity (Wildman–Crippen MR) is 131 cm³/mol. The number of benzene rings is 2. The second-order valence-corrected chi connectivity index (χ2v) is 8.32. The summed E-state index contributed by atoms with van der Waals surface area (Å²) >= 11 is 0. The molecule has 0 atom stereocenters. The van der Waals surface area contributed by atoms with Crippen LogP contribution in [0.5, 0.6) is 23.0 Å². The van der Waals surface area contributed by atoms with Crippen molar-refractivity contribution in [1.29, 1.82) is 0 Å². The van der Waals surface area contributed by atoms with E-state index in [1.165, 1.54) is 16.8 Å². The van der Waals surface area contributed by atoms with Crippen molar-refractivity contribution in [3.8, 4) is 23.0 Å². The van der Waals surface area contributed by atoms with E-state index < -0.39 is 6.61 Å². The van der Waals surface area contributed by atoms with Gasteiger partial charge in [0.05, 0.1) is 26.3 Å². The average molecular weight is 502 g/mol. The molecule has 0 aliphatic heterocycles. The van der Waals surface area contributed by atoms with Gasteiger partial charge in [-0.2, -0.15) is 13.9 Å². The standard InChI is InChI=1S/C26H29F2N3O5/c1-33-20-8-4-5-9-21(20)34-15-14-29-24-12-13-25(32)31(30-24)17-18-10-11-22(36-26(27)28)23(16-18)35-19-6-2-3-7-19/h4-5,8-13,16,19,26H,2-3,6-7,14-15,17H2,1H3,(H,29,30). The number of para-hydroxylation sites is 2. The zero-order valence-corrected chi connectivity index (χ0v) is 20.0. The quantitative estimate of drug-likeness (QED) is 0.360. The van der Waals surface area contributed by atoms with E-state index in [2.05, 4.69) is 15.2 Å². The monoisotopic (exact) mass is 501 g/mol. The normalized spacial score (nSPS) is 13.6. The highest BCUT2D eigenvalue weighted by molar-refractivity contribution is 5.43. The van der Waals surface area contributed by atoms with Gasteiger partial charge in [0.25, 0.3) is 5.56 Å². The molecule has 1 heterocycles. The molecule has 0 unspecified atom stereocenters. The third-order valence-corrected chi connectivity index (χ3v) is 5.75. The van der Waals surface area contributed by atoms with Gasteiger partial charge >= 0.3 is 6.61 Å². The Kier molecular flexibility index (Phi) is 8.59. The molecule has 10 heteroatoms. The van der Waals surface area contributed by atoms with Crippen LogP contribution in [0.1, 0.15) is 31.2 Å². The molecule has 0 saturated heterocycles. The smallest absolute Gasteiger partial charge is 0.387 e. The number of hydrogen-bond donors (Lipinski definition) is 1. The topological polar surface area (TPSA) is 83.8 Å². The van der Waals surface area contributed by atoms with Gasteiger partial charge in [0.2, 0.25) is 0 Å². The second-order valence-electron chi connectivity index (χ2n) is 8.32. The van der Waals surface area contributed by atoms with E-state index >= 15 is 0 Å². The minimum Gasteiger partial charge on any atom is -0.493 e. The predicted octanol–water partition coefficient (Wildman–Crippen LogP) is 4.71. The summed E-state index contributed by atoms with van der Waals surface area (Å²) in [5, 5.41) is 7.50. The van der Waals surface area contributed by atoms with Gasteiger partial charge < -0.3 is 24.3 Å². The minimum atomic E-state index is -2.96. The molecule has 8 nitrogen and oxygen atoms in total. The molecule has 3 aromatic rings. The highest BCUT2D eigenvalue weighted by atomic mass is 19.3. The number of hydrogen-bond acceptors (Lipinski definition) is 7. The maximum absolute atomic E-state index is 12.9. The summed E-state index contributed by atoms with van der Waals surface area (Å²) in [6, 6.07) is 15.1. The van der Waals surface area contributed by atoms with E-state index in [0.717, 1.165) is 25.7 Å². The molecule has 1 saturated carbocycles. The summed E-state index contributed by atoms with van der Waals surface area (Å²) in [4.78, 5) is 12.4. The van der Waals surface area contributed by atoms with Gasteiger partial charge in [0.15, 0.2) is 23.0 Å². The van der Waals surface area contributed by atoms with Crippen molar-refractivity contribution in [2.24, 2.45) is 0 Å². The van der Waals surface area contributed by atoms with Crippen LogP contribution in [0.2, 0.25) is 0 Å². The Balaban J connectivity index is 1.41. The van der Waals surface area contributed by atoms with E-state index in [0.29, 0.717) is 36.0 Å². The van der Waals surface area contributed by atoms with Crippen LogP contribution in [0.25, 0.3) is 0 Å². The summed E-state index contributed by atoms with van der Waals surface area (Å²) in [5.41, 5.74) is 0.382. The Bertz CT molecular complexity index is 1200. The Morgan fingerprint density at radius 2 is 1.81 bits per heavy atom. The lowest BCUT2D eigenvalue weighted by atomic mass is 10.2. The SMILES string of the molecule is COc1ccccc1OCCNc1ccc(=O)n(Cc2ccc(OC(F)F)c(OC3CCCC3)c2)n1. The maximum atomic E-state index is 12.9. The fourth-order valence-electron chi connectivity index (χ4n) is 4.03. The van der Waals surface area contributed by atoms with Crippen molar-refractivity contribution in [3.05, 3.63) is 70.5 Å². The molecule has 0 amide bonds. The van der Waals surface area contributed by atoms with Crippen LogP contribution in [0, 0.1) is 0 Å². The first-order valence-corrected chi connectivity index (χ1v) is 11.8. The van der Waals surface area contributed by atoms with Crippen molar-refractivity contribution in [3.63, 3.8) is 0 Å². The number of methoxy groups -OCH3 is 1. The highest BCUT2D eigenvalue weighted by Gasteiger charge is 2.20. The number of nitrogens with zero attached hydrogens (tertiary/aromatic N) is 2. The molecule has 4 rings (SSSR count). The molecule has 1 aliphatic rings. The molecule has 0 radical (unpaired) electrons. The van der Waals surface area contributed by atoms with E-state index in [4.69, 9.17) is 14.2 Å². The summed E-state index contributed by atoms with van der Waals surface area (Å²) in [7, 11) is 1.58. The molecule has 1 aromatic heterocycles. The van der Waals surface area contributed by atoms with Gasteiger partial charge in [-0.05, 0) is 61.6 Å². The number of rotatable bonds is 12. The number of alkyl halides is 2. The van der Waals surface area contributed by atoms with Gasteiger partial charge in [-0.25, -0.2) is 4.68 Å². The van der Waals surface area contributed by atoms with Crippen LogP contribution in [0.15, 0.2) is 59.4 Å². The van der Waals surface area contributed by atoms with Gasteiger partial charge in [-0.3, -0.25) is 4.79 Å². The van der Waals surface area contributed by atoms with Crippen LogP contribution < -0.4 is 29.8 Å². The fraction of sp³-hybridized carbons (Fsp3) is 0.385. The molecule has 1 aliphatic carbocycles. The molecule has 0 bridgehead atoms. The Morgan fingerprint density at radius 1 is 1.03 bits per heavy atom. The van der Waals surface area contributed by atoms with Crippen molar-refractivity contribution in [2.45, 2.75) is 44.9 Å². The molecular formula is C26H29F2N3O5. The number of halogens is 2. The number of ether oxygens (including phenoxy) is 4. The second kappa shape index (κ2) is 12.2. The third kappa shape index (κ3) is 6.87. The van der Waals surface area contributed by atoms with Crippen LogP contribution >= 0.6 is 0 Å². The van der Waals surface area contributed by atoms with Crippen LogP contribution in [-0.2, 0) is 6.54 Å². The number of aromatic nitrogens is 2. The summed E-state index contributed by atoms with van der Waals surface area (Å²) < 4.78 is 48.6. The molecule has 1 N–H and O–H groups in total. The van der Waals surface area contributed by atoms with Crippen molar-refractivity contribution < 1.29 is 27.7 Å². The molecule has 36 heavy (non-hydrogen) atoms. The Labute approximate surface area is 207 Å². The summed E-state index contributed by atoms with van der Waals surface area (Å²) in [6.07, 6.45) is 3.78. The molecule has 192 valence electrons. The average Bonchev–Trinajstić information content (AvgIpc) is 3.38. The van der Waals surface area contributed by atoms with E-state index in [9.17, 15) is 13.6 Å². The lowest BCUT2D eigenvalue weighted by molar-refractivity contribution is -0.0520. The maximum Gasteiger partial charge on any atom is 0.387 e. The minimum absolute atomic E-state index is 0.0218. The Hall–Kier alpha value is -3.82. The number of nitrogens with one attached hydrogen (secondary N) is 1. The van der Waals surface area contributed by atoms with Crippen molar-refractivity contribution >= 4 is 5.82 Å². The molecule has 0 spiro atoms. The molecular weight excluding hydrogens is 472 g/mol. The molecule has 1 fully saturated rings. The van der Waals surface area contributed by atoms with Crippen LogP contribution in [0.4, 0.5) is 14.6 Å². The van der Waals surface area contributed by atoms with Crippen molar-refractivity contribution in [2.75, 3.05) is 25.6 Å². The first-order valence-electron chi connectivity index (χ1n) is 11.8. The third-order valence-electron chi connectivity index (χ3n) is 5.75. The number of anilines is 1. The van der Waals surface area contributed by atoms with Crippen molar-refractivity contribution in [1.82, 2.24) is 9.78 Å². The lowest BCUT2D eigenvalue weighted by Gasteiger charge is -2.18. The first kappa shape index (κ1) is 25.3. The van der Waals surface area contributed by atoms with Crippen LogP contribution in [-0.4, -0.2) is 42.8 Å². The zero-order chi connectivity index (χ0) is 25.3. The summed E-state index contributed by atoms with van der Waals surface area (Å²) in [5.74, 6) is 2.00. The van der Waals surface area contributed by atoms with Gasteiger partial charge in [0.1, 0.15) is 12.4 Å². The largest absolute Gasteiger partial charge is 0.493 e. The van der Waals surface area contributed by atoms with E-state index in [-0.39, 0.29) is 29.7 Å². The van der Waals surface area contributed by atoms with Gasteiger partial charge in [0, 0.05) is 6.07 Å². The Morgan fingerprint density at radius 3 is 2.56 bits per heavy atom. The highest BCUT2D eigenvalue weighted by Crippen LogP contribution is 2.34. The lowest BCUT2D eigenvalue weighted by Crippen LogP contribution is -2.24. The van der Waals surface area contributed by atoms with E-state index in [1.54, 1.807) is 25.3 Å². The zero-order valence-electron chi connectivity index (χ0n) is 20.0. The molecule has 2 aromatic carbocycles.